The molecule has 0 saturated heterocycles. The molecule has 1 aromatic heterocycles. The quantitative estimate of drug-likeness (QED) is 0.827. The first kappa shape index (κ1) is 16.5. The number of hydrogen-bond donors (Lipinski definition) is 1. The lowest BCUT2D eigenvalue weighted by atomic mass is 9.80. The molecule has 0 aliphatic carbocycles. The number of hydrogen-bond acceptors (Lipinski definition) is 2. The molecule has 0 saturated carbocycles. The van der Waals surface area contributed by atoms with Crippen LogP contribution < -0.4 is 5.32 Å². The Bertz CT molecular complexity index is 412. The fraction of sp³-hybridized carbons (Fsp3) is 0.800. The minimum atomic E-state index is 0.225. The van der Waals surface area contributed by atoms with Gasteiger partial charge < -0.3 is 5.32 Å². The molecule has 4 heteroatoms. The summed E-state index contributed by atoms with van der Waals surface area (Å²) in [5.41, 5.74) is 2.30. The lowest BCUT2D eigenvalue weighted by molar-refractivity contribution is 0.261. The first-order chi connectivity index (χ1) is 8.79. The molecule has 1 rings (SSSR count). The van der Waals surface area contributed by atoms with E-state index in [1.807, 2.05) is 18.7 Å². The van der Waals surface area contributed by atoms with Gasteiger partial charge in [-0.1, -0.05) is 45.7 Å². The number of nitrogens with one attached hydrogen (secondary N) is 1. The van der Waals surface area contributed by atoms with E-state index in [2.05, 4.69) is 38.1 Å². The van der Waals surface area contributed by atoms with Crippen LogP contribution in [-0.2, 0) is 13.5 Å². The van der Waals surface area contributed by atoms with E-state index >= 15 is 0 Å². The van der Waals surface area contributed by atoms with Crippen molar-refractivity contribution < 1.29 is 0 Å². The van der Waals surface area contributed by atoms with Crippen molar-refractivity contribution in [3.63, 3.8) is 0 Å². The van der Waals surface area contributed by atoms with Crippen LogP contribution in [-0.4, -0.2) is 22.4 Å². The van der Waals surface area contributed by atoms with Crippen LogP contribution in [0.4, 0.5) is 0 Å². The van der Waals surface area contributed by atoms with E-state index in [0.29, 0.717) is 6.04 Å². The second kappa shape index (κ2) is 6.76. The van der Waals surface area contributed by atoms with Crippen LogP contribution in [0.3, 0.4) is 0 Å². The van der Waals surface area contributed by atoms with Crippen LogP contribution >= 0.6 is 11.6 Å². The third-order valence-corrected chi connectivity index (χ3v) is 4.14. The maximum Gasteiger partial charge on any atom is 0.0847 e. The molecule has 0 amide bonds. The van der Waals surface area contributed by atoms with Gasteiger partial charge in [-0.3, -0.25) is 4.68 Å². The van der Waals surface area contributed by atoms with Crippen molar-refractivity contribution >= 4 is 11.6 Å². The van der Waals surface area contributed by atoms with Gasteiger partial charge in [0, 0.05) is 19.6 Å². The Morgan fingerprint density at radius 3 is 2.47 bits per heavy atom. The van der Waals surface area contributed by atoms with Gasteiger partial charge in [-0.2, -0.15) is 5.10 Å². The number of rotatable bonds is 7. The minimum Gasteiger partial charge on any atom is -0.314 e. The average Bonchev–Trinajstić information content (AvgIpc) is 2.54. The van der Waals surface area contributed by atoms with Crippen LogP contribution in [0, 0.1) is 12.3 Å². The number of aryl methyl sites for hydroxylation is 2. The number of aromatic nitrogens is 2. The molecule has 0 aliphatic rings. The van der Waals surface area contributed by atoms with E-state index in [9.17, 15) is 0 Å². The van der Waals surface area contributed by atoms with Crippen molar-refractivity contribution in [1.29, 1.82) is 0 Å². The van der Waals surface area contributed by atoms with E-state index in [0.717, 1.165) is 29.4 Å². The molecule has 0 radical (unpaired) electrons. The van der Waals surface area contributed by atoms with Crippen LogP contribution in [0.25, 0.3) is 0 Å². The Balaban J connectivity index is 2.88. The van der Waals surface area contributed by atoms with Crippen molar-refractivity contribution in [2.45, 2.75) is 59.9 Å². The lowest BCUT2D eigenvalue weighted by Crippen LogP contribution is -2.37. The molecular formula is C15H28ClN3. The van der Waals surface area contributed by atoms with Crippen LogP contribution in [0.1, 0.15) is 51.9 Å². The third-order valence-electron chi connectivity index (χ3n) is 3.65. The van der Waals surface area contributed by atoms with E-state index in [1.54, 1.807) is 0 Å². The molecule has 19 heavy (non-hydrogen) atoms. The Morgan fingerprint density at radius 2 is 2.05 bits per heavy atom. The van der Waals surface area contributed by atoms with E-state index in [4.69, 9.17) is 11.6 Å². The highest BCUT2D eigenvalue weighted by Gasteiger charge is 2.27. The van der Waals surface area contributed by atoms with Crippen molar-refractivity contribution in [3.05, 3.63) is 16.4 Å². The molecular weight excluding hydrogens is 258 g/mol. The fourth-order valence-corrected chi connectivity index (χ4v) is 2.80. The molecule has 1 heterocycles. The smallest absolute Gasteiger partial charge is 0.0847 e. The molecule has 1 aromatic rings. The summed E-state index contributed by atoms with van der Waals surface area (Å²) in [4.78, 5) is 0. The first-order valence-electron chi connectivity index (χ1n) is 7.20. The normalized spacial score (nSPS) is 14.9. The second-order valence-electron chi connectivity index (χ2n) is 6.24. The molecule has 1 N–H and O–H groups in total. The summed E-state index contributed by atoms with van der Waals surface area (Å²) in [6, 6.07) is 0.514. The summed E-state index contributed by atoms with van der Waals surface area (Å²) in [7, 11) is 1.98. The highest BCUT2D eigenvalue weighted by atomic mass is 35.5. The predicted octanol–water partition coefficient (Wildman–Crippen LogP) is 3.73. The molecule has 110 valence electrons. The van der Waals surface area contributed by atoms with Gasteiger partial charge in [-0.15, -0.1) is 0 Å². The minimum absolute atomic E-state index is 0.225. The Labute approximate surface area is 122 Å². The second-order valence-corrected chi connectivity index (χ2v) is 6.62. The van der Waals surface area contributed by atoms with Crippen molar-refractivity contribution in [1.82, 2.24) is 15.1 Å². The van der Waals surface area contributed by atoms with Crippen molar-refractivity contribution in [3.8, 4) is 0 Å². The van der Waals surface area contributed by atoms with E-state index < -0.39 is 0 Å². The van der Waals surface area contributed by atoms with Crippen LogP contribution in [0.15, 0.2) is 0 Å². The van der Waals surface area contributed by atoms with Gasteiger partial charge in [0.25, 0.3) is 0 Å². The van der Waals surface area contributed by atoms with Crippen LogP contribution in [0.2, 0.25) is 5.02 Å². The molecule has 1 atom stereocenters. The maximum atomic E-state index is 6.38. The summed E-state index contributed by atoms with van der Waals surface area (Å²) in [5, 5.41) is 8.81. The molecule has 0 bridgehead atoms. The monoisotopic (exact) mass is 285 g/mol. The average molecular weight is 286 g/mol. The van der Waals surface area contributed by atoms with Gasteiger partial charge in [0.05, 0.1) is 16.4 Å². The zero-order valence-corrected chi connectivity index (χ0v) is 13.9. The number of nitrogens with zero attached hydrogens (tertiary/aromatic N) is 2. The van der Waals surface area contributed by atoms with Gasteiger partial charge in [0.15, 0.2) is 0 Å². The Morgan fingerprint density at radius 1 is 1.42 bits per heavy atom. The van der Waals surface area contributed by atoms with Crippen LogP contribution in [0.5, 0.6) is 0 Å². The zero-order chi connectivity index (χ0) is 14.6. The first-order valence-corrected chi connectivity index (χ1v) is 7.58. The Hall–Kier alpha value is -0.540. The van der Waals surface area contributed by atoms with Gasteiger partial charge in [0.1, 0.15) is 0 Å². The van der Waals surface area contributed by atoms with Crippen molar-refractivity contribution in [2.24, 2.45) is 12.5 Å². The molecule has 1 unspecified atom stereocenters. The highest BCUT2D eigenvalue weighted by molar-refractivity contribution is 6.31. The van der Waals surface area contributed by atoms with Gasteiger partial charge >= 0.3 is 0 Å². The Kier molecular flexibility index (Phi) is 5.87. The summed E-state index contributed by atoms with van der Waals surface area (Å²) in [5.74, 6) is 0. The summed E-state index contributed by atoms with van der Waals surface area (Å²) in [6.07, 6.45) is 3.34. The third kappa shape index (κ3) is 4.50. The molecule has 0 spiro atoms. The summed E-state index contributed by atoms with van der Waals surface area (Å²) < 4.78 is 1.93. The molecule has 3 nitrogen and oxygen atoms in total. The highest BCUT2D eigenvalue weighted by Crippen LogP contribution is 2.31. The fourth-order valence-electron chi connectivity index (χ4n) is 2.57. The van der Waals surface area contributed by atoms with E-state index in [1.165, 1.54) is 12.8 Å². The topological polar surface area (TPSA) is 29.9 Å². The molecule has 0 aliphatic heterocycles. The van der Waals surface area contributed by atoms with Gasteiger partial charge in [-0.05, 0) is 25.2 Å². The standard InChI is InChI=1S/C15H28ClN3/c1-7-8-15(5,10-17-11(2)3)9-13-14(16)12(4)18-19(13)6/h11,17H,7-10H2,1-6H3. The molecule has 0 aromatic carbocycles. The maximum absolute atomic E-state index is 6.38. The van der Waals surface area contributed by atoms with Crippen molar-refractivity contribution in [2.75, 3.05) is 6.54 Å². The zero-order valence-electron chi connectivity index (χ0n) is 13.2. The van der Waals surface area contributed by atoms with Gasteiger partial charge in [-0.25, -0.2) is 0 Å². The van der Waals surface area contributed by atoms with E-state index in [-0.39, 0.29) is 5.41 Å². The lowest BCUT2D eigenvalue weighted by Gasteiger charge is -2.31. The summed E-state index contributed by atoms with van der Waals surface area (Å²) in [6.45, 7) is 11.9. The largest absolute Gasteiger partial charge is 0.314 e. The van der Waals surface area contributed by atoms with Gasteiger partial charge in [0.2, 0.25) is 0 Å². The SMILES string of the molecule is CCCC(C)(CNC(C)C)Cc1c(Cl)c(C)nn1C. The number of halogens is 1. The predicted molar refractivity (Wildman–Crippen MR) is 82.8 cm³/mol. The summed E-state index contributed by atoms with van der Waals surface area (Å²) >= 11 is 6.38. The molecule has 0 fully saturated rings.